The van der Waals surface area contributed by atoms with Gasteiger partial charge in [0.1, 0.15) is 5.75 Å². The van der Waals surface area contributed by atoms with Crippen LogP contribution in [0.2, 0.25) is 5.02 Å². The first-order valence-corrected chi connectivity index (χ1v) is 10.9. The van der Waals surface area contributed by atoms with Gasteiger partial charge >= 0.3 is 0 Å². The summed E-state index contributed by atoms with van der Waals surface area (Å²) in [6, 6.07) is 5.67. The summed E-state index contributed by atoms with van der Waals surface area (Å²) in [7, 11) is 0. The quantitative estimate of drug-likeness (QED) is 0.783. The zero-order valence-electron chi connectivity index (χ0n) is 17.0. The fourth-order valence-electron chi connectivity index (χ4n) is 4.54. The smallest absolute Gasteiger partial charge is 0.225 e. The van der Waals surface area contributed by atoms with E-state index in [2.05, 4.69) is 11.8 Å². The zero-order chi connectivity index (χ0) is 20.3. The third-order valence-corrected chi connectivity index (χ3v) is 6.96. The molecule has 156 valence electrons. The van der Waals surface area contributed by atoms with E-state index in [9.17, 15) is 15.0 Å². The van der Waals surface area contributed by atoms with Crippen molar-refractivity contribution in [3.05, 3.63) is 28.8 Å². The maximum atomic E-state index is 12.9. The second-order valence-electron chi connectivity index (χ2n) is 8.56. The van der Waals surface area contributed by atoms with Gasteiger partial charge in [-0.25, -0.2) is 0 Å². The molecule has 0 unspecified atom stereocenters. The number of phenols is 1. The van der Waals surface area contributed by atoms with Crippen molar-refractivity contribution < 1.29 is 15.0 Å². The van der Waals surface area contributed by atoms with E-state index in [1.165, 1.54) is 0 Å². The number of phenolic OH excluding ortho intramolecular Hbond substituents is 1. The number of hydrogen-bond donors (Lipinski definition) is 2. The summed E-state index contributed by atoms with van der Waals surface area (Å²) in [6.45, 7) is 7.55. The van der Waals surface area contributed by atoms with Crippen LogP contribution < -0.4 is 0 Å². The van der Waals surface area contributed by atoms with Gasteiger partial charge in [-0.3, -0.25) is 4.79 Å². The van der Waals surface area contributed by atoms with Crippen molar-refractivity contribution in [3.8, 4) is 5.75 Å². The minimum Gasteiger partial charge on any atom is -0.506 e. The molecule has 1 atom stereocenters. The highest BCUT2D eigenvalue weighted by molar-refractivity contribution is 6.32. The Balaban J connectivity index is 1.47. The number of piperidine rings is 2. The van der Waals surface area contributed by atoms with Crippen molar-refractivity contribution in [2.75, 3.05) is 26.2 Å². The Morgan fingerprint density at radius 1 is 1.25 bits per heavy atom. The number of aliphatic hydroxyl groups is 1. The summed E-state index contributed by atoms with van der Waals surface area (Å²) in [5, 5.41) is 20.3. The standard InChI is InChI=1S/C22H33ClN2O3/c1-3-22(28)8-12-24(13-9-22)18-6-10-25(11-7-18)21(27)16(2)14-17-4-5-20(26)19(23)15-17/h4-5,15-16,18,26,28H,3,6-14H2,1-2H3/t16-/m1/s1. The Morgan fingerprint density at radius 3 is 2.46 bits per heavy atom. The van der Waals surface area contributed by atoms with Crippen LogP contribution in [0.1, 0.15) is 51.5 Å². The summed E-state index contributed by atoms with van der Waals surface area (Å²) < 4.78 is 0. The molecule has 2 N–H and O–H groups in total. The summed E-state index contributed by atoms with van der Waals surface area (Å²) in [5.41, 5.74) is 0.495. The predicted octanol–water partition coefficient (Wildman–Crippen LogP) is 3.45. The predicted molar refractivity (Wildman–Crippen MR) is 112 cm³/mol. The molecule has 0 aliphatic carbocycles. The van der Waals surface area contributed by atoms with Crippen LogP contribution in [0.3, 0.4) is 0 Å². The second kappa shape index (κ2) is 9.02. The second-order valence-corrected chi connectivity index (χ2v) is 8.97. The van der Waals surface area contributed by atoms with Crippen molar-refractivity contribution in [1.82, 2.24) is 9.80 Å². The van der Waals surface area contributed by atoms with Gasteiger partial charge in [0, 0.05) is 38.1 Å². The fourth-order valence-corrected chi connectivity index (χ4v) is 4.74. The molecule has 3 rings (SSSR count). The van der Waals surface area contributed by atoms with Crippen LogP contribution in [0.5, 0.6) is 5.75 Å². The van der Waals surface area contributed by atoms with Crippen LogP contribution in [-0.4, -0.2) is 63.7 Å². The summed E-state index contributed by atoms with van der Waals surface area (Å²) in [6.07, 6.45) is 5.18. The third-order valence-electron chi connectivity index (χ3n) is 6.65. The molecule has 6 heteroatoms. The van der Waals surface area contributed by atoms with Gasteiger partial charge in [-0.1, -0.05) is 31.5 Å². The van der Waals surface area contributed by atoms with Crippen LogP contribution in [0.4, 0.5) is 0 Å². The fraction of sp³-hybridized carbons (Fsp3) is 0.682. The van der Waals surface area contributed by atoms with Gasteiger partial charge < -0.3 is 20.0 Å². The Hall–Kier alpha value is -1.30. The zero-order valence-corrected chi connectivity index (χ0v) is 17.8. The van der Waals surface area contributed by atoms with Crippen molar-refractivity contribution in [2.45, 2.75) is 64.0 Å². The Morgan fingerprint density at radius 2 is 1.89 bits per heavy atom. The first-order chi connectivity index (χ1) is 13.3. The molecule has 2 fully saturated rings. The van der Waals surface area contributed by atoms with Crippen LogP contribution in [0, 0.1) is 5.92 Å². The topological polar surface area (TPSA) is 64.0 Å². The van der Waals surface area contributed by atoms with Crippen LogP contribution in [0.25, 0.3) is 0 Å². The van der Waals surface area contributed by atoms with E-state index < -0.39 is 5.60 Å². The van der Waals surface area contributed by atoms with Crippen LogP contribution >= 0.6 is 11.6 Å². The van der Waals surface area contributed by atoms with E-state index in [0.717, 1.165) is 63.8 Å². The molecule has 1 aromatic rings. The lowest BCUT2D eigenvalue weighted by Gasteiger charge is -2.44. The number of benzene rings is 1. The molecule has 2 aliphatic heterocycles. The molecule has 1 amide bonds. The summed E-state index contributed by atoms with van der Waals surface area (Å²) in [4.78, 5) is 17.4. The summed E-state index contributed by atoms with van der Waals surface area (Å²) in [5.74, 6) is 0.162. The highest BCUT2D eigenvalue weighted by atomic mass is 35.5. The van der Waals surface area contributed by atoms with Gasteiger partial charge in [0.25, 0.3) is 0 Å². The maximum Gasteiger partial charge on any atom is 0.225 e. The largest absolute Gasteiger partial charge is 0.506 e. The number of amides is 1. The van der Waals surface area contributed by atoms with Crippen LogP contribution in [-0.2, 0) is 11.2 Å². The third kappa shape index (κ3) is 5.00. The molecule has 0 bridgehead atoms. The van der Waals surface area contributed by atoms with Crippen molar-refractivity contribution >= 4 is 17.5 Å². The molecule has 2 aliphatic rings. The molecule has 2 saturated heterocycles. The number of carbonyl (C=O) groups excluding carboxylic acids is 1. The highest BCUT2D eigenvalue weighted by Gasteiger charge is 2.35. The number of aromatic hydroxyl groups is 1. The average molecular weight is 409 g/mol. The minimum absolute atomic E-state index is 0.0709. The van der Waals surface area contributed by atoms with E-state index in [1.807, 2.05) is 17.9 Å². The molecule has 5 nitrogen and oxygen atoms in total. The minimum atomic E-state index is -0.472. The van der Waals surface area contributed by atoms with E-state index in [1.54, 1.807) is 12.1 Å². The number of halogens is 1. The molecular weight excluding hydrogens is 376 g/mol. The van der Waals surface area contributed by atoms with Gasteiger partial charge in [-0.05, 0) is 56.2 Å². The molecule has 28 heavy (non-hydrogen) atoms. The molecule has 0 aromatic heterocycles. The monoisotopic (exact) mass is 408 g/mol. The van der Waals surface area contributed by atoms with Crippen molar-refractivity contribution in [3.63, 3.8) is 0 Å². The van der Waals surface area contributed by atoms with Crippen molar-refractivity contribution in [1.29, 1.82) is 0 Å². The molecular formula is C22H33ClN2O3. The van der Waals surface area contributed by atoms with E-state index >= 15 is 0 Å². The molecule has 2 heterocycles. The van der Waals surface area contributed by atoms with E-state index in [-0.39, 0.29) is 17.6 Å². The van der Waals surface area contributed by atoms with Gasteiger partial charge in [-0.2, -0.15) is 0 Å². The Labute approximate surface area is 173 Å². The number of rotatable bonds is 5. The SMILES string of the molecule is CCC1(O)CCN(C2CCN(C(=O)[C@H](C)Cc3ccc(O)c(Cl)c3)CC2)CC1. The van der Waals surface area contributed by atoms with Crippen molar-refractivity contribution in [2.24, 2.45) is 5.92 Å². The number of carbonyl (C=O) groups is 1. The maximum absolute atomic E-state index is 12.9. The van der Waals surface area contributed by atoms with Crippen LogP contribution in [0.15, 0.2) is 18.2 Å². The molecule has 0 radical (unpaired) electrons. The number of nitrogens with zero attached hydrogens (tertiary/aromatic N) is 2. The van der Waals surface area contributed by atoms with Gasteiger partial charge in [0.15, 0.2) is 0 Å². The Kier molecular flexibility index (Phi) is 6.89. The lowest BCUT2D eigenvalue weighted by atomic mass is 9.87. The molecule has 1 aromatic carbocycles. The lowest BCUT2D eigenvalue weighted by Crippen LogP contribution is -2.52. The highest BCUT2D eigenvalue weighted by Crippen LogP contribution is 2.29. The first kappa shape index (κ1) is 21.4. The Bertz CT molecular complexity index is 680. The number of hydrogen-bond acceptors (Lipinski definition) is 4. The average Bonchev–Trinajstić information content (AvgIpc) is 2.71. The van der Waals surface area contributed by atoms with Gasteiger partial charge in [-0.15, -0.1) is 0 Å². The van der Waals surface area contributed by atoms with Gasteiger partial charge in [0.2, 0.25) is 5.91 Å². The number of likely N-dealkylation sites (tertiary alicyclic amines) is 2. The lowest BCUT2D eigenvalue weighted by molar-refractivity contribution is -0.136. The molecule has 0 saturated carbocycles. The normalized spacial score (nSPS) is 22.2. The summed E-state index contributed by atoms with van der Waals surface area (Å²) >= 11 is 5.98. The first-order valence-electron chi connectivity index (χ1n) is 10.5. The van der Waals surface area contributed by atoms with Gasteiger partial charge in [0.05, 0.1) is 10.6 Å². The molecule has 0 spiro atoms. The van der Waals surface area contributed by atoms with E-state index in [0.29, 0.717) is 17.5 Å². The van der Waals surface area contributed by atoms with E-state index in [4.69, 9.17) is 11.6 Å².